The van der Waals surface area contributed by atoms with Gasteiger partial charge in [0.2, 0.25) is 0 Å². The Kier molecular flexibility index (Phi) is 4.50. The molecule has 0 bridgehead atoms. The van der Waals surface area contributed by atoms with Crippen LogP contribution in [-0.2, 0) is 11.2 Å². The summed E-state index contributed by atoms with van der Waals surface area (Å²) in [6.07, 6.45) is 0.601. The Bertz CT molecular complexity index is 537. The first kappa shape index (κ1) is 15.4. The van der Waals surface area contributed by atoms with Gasteiger partial charge in [-0.3, -0.25) is 15.1 Å². The van der Waals surface area contributed by atoms with Crippen LogP contribution in [0.2, 0.25) is 0 Å². The fraction of sp³-hybridized carbons (Fsp3) is 0.500. The highest BCUT2D eigenvalue weighted by Gasteiger charge is 2.40. The minimum Gasteiger partial charge on any atom is -0.497 e. The largest absolute Gasteiger partial charge is 0.497 e. The van der Waals surface area contributed by atoms with Crippen LogP contribution in [0.3, 0.4) is 0 Å². The third-order valence-electron chi connectivity index (χ3n) is 3.46. The van der Waals surface area contributed by atoms with Crippen LogP contribution in [0.1, 0.15) is 26.3 Å². The molecule has 1 aliphatic heterocycles. The first-order valence-corrected chi connectivity index (χ1v) is 7.20. The molecule has 114 valence electrons. The van der Waals surface area contributed by atoms with E-state index >= 15 is 0 Å². The van der Waals surface area contributed by atoms with E-state index in [0.717, 1.165) is 11.3 Å². The number of hydrogen-bond acceptors (Lipinski definition) is 3. The molecular formula is C16H23N3O2. The van der Waals surface area contributed by atoms with E-state index in [9.17, 15) is 4.79 Å². The van der Waals surface area contributed by atoms with E-state index in [0.29, 0.717) is 24.8 Å². The molecule has 1 aliphatic rings. The predicted molar refractivity (Wildman–Crippen MR) is 83.5 cm³/mol. The van der Waals surface area contributed by atoms with Crippen molar-refractivity contribution >= 4 is 11.9 Å². The highest BCUT2D eigenvalue weighted by atomic mass is 16.5. The van der Waals surface area contributed by atoms with E-state index in [1.165, 1.54) is 0 Å². The van der Waals surface area contributed by atoms with E-state index in [1.54, 1.807) is 7.11 Å². The molecule has 0 saturated carbocycles. The number of methoxy groups -OCH3 is 1. The normalized spacial score (nSPS) is 23.3. The molecule has 1 saturated heterocycles. The van der Waals surface area contributed by atoms with Crippen molar-refractivity contribution in [3.63, 3.8) is 0 Å². The zero-order valence-electron chi connectivity index (χ0n) is 13.1. The molecule has 1 aromatic rings. The average Bonchev–Trinajstić information content (AvgIpc) is 2.72. The zero-order valence-corrected chi connectivity index (χ0v) is 13.1. The van der Waals surface area contributed by atoms with Crippen molar-refractivity contribution in [2.75, 3.05) is 13.7 Å². The quantitative estimate of drug-likeness (QED) is 0.867. The molecule has 0 aliphatic carbocycles. The number of nitrogens with zero attached hydrogens (tertiary/aromatic N) is 1. The van der Waals surface area contributed by atoms with Gasteiger partial charge in [-0.15, -0.1) is 0 Å². The molecular weight excluding hydrogens is 266 g/mol. The molecule has 21 heavy (non-hydrogen) atoms. The van der Waals surface area contributed by atoms with Gasteiger partial charge < -0.3 is 10.1 Å². The van der Waals surface area contributed by atoms with Gasteiger partial charge >= 0.3 is 0 Å². The number of aliphatic imine (C=N–C) groups is 1. The Hall–Kier alpha value is -2.04. The number of benzene rings is 1. The Balaban J connectivity index is 2.07. The summed E-state index contributed by atoms with van der Waals surface area (Å²) in [5.74, 6) is 1.81. The number of ether oxygens (including phenoxy) is 1. The average molecular weight is 289 g/mol. The number of guanidine groups is 1. The monoisotopic (exact) mass is 289 g/mol. The first-order valence-electron chi connectivity index (χ1n) is 7.20. The molecule has 2 N–H and O–H groups in total. The fourth-order valence-corrected chi connectivity index (χ4v) is 2.22. The Morgan fingerprint density at radius 3 is 2.52 bits per heavy atom. The summed E-state index contributed by atoms with van der Waals surface area (Å²) in [7, 11) is 1.64. The summed E-state index contributed by atoms with van der Waals surface area (Å²) in [6.45, 7) is 6.78. The second-order valence-electron chi connectivity index (χ2n) is 6.02. The van der Waals surface area contributed by atoms with Crippen LogP contribution in [0.15, 0.2) is 29.3 Å². The highest BCUT2D eigenvalue weighted by Crippen LogP contribution is 2.19. The van der Waals surface area contributed by atoms with Crippen LogP contribution in [0, 0.1) is 5.92 Å². The fourth-order valence-electron chi connectivity index (χ4n) is 2.22. The minimum atomic E-state index is -0.662. The summed E-state index contributed by atoms with van der Waals surface area (Å²) in [5, 5.41) is 6.03. The summed E-state index contributed by atoms with van der Waals surface area (Å²) < 4.78 is 5.14. The Labute approximate surface area is 125 Å². The van der Waals surface area contributed by atoms with Crippen LogP contribution in [-0.4, -0.2) is 31.1 Å². The van der Waals surface area contributed by atoms with E-state index in [1.807, 2.05) is 31.2 Å². The van der Waals surface area contributed by atoms with Gasteiger partial charge in [-0.1, -0.05) is 26.0 Å². The molecule has 0 spiro atoms. The van der Waals surface area contributed by atoms with E-state index in [-0.39, 0.29) is 5.91 Å². The standard InChI is InChI=1S/C16H23N3O2/c1-11(2)10-17-15-18-14(20)16(3,19-15)9-12-5-7-13(21-4)8-6-12/h5-8,11H,9-10H2,1-4H3,(H2,17,18,19,20). The van der Waals surface area contributed by atoms with Crippen LogP contribution in [0.5, 0.6) is 5.75 Å². The maximum absolute atomic E-state index is 12.2. The molecule has 1 unspecified atom stereocenters. The van der Waals surface area contributed by atoms with Gasteiger partial charge in [-0.2, -0.15) is 0 Å². The highest BCUT2D eigenvalue weighted by molar-refractivity contribution is 6.08. The molecule has 5 heteroatoms. The summed E-state index contributed by atoms with van der Waals surface area (Å²) in [5.41, 5.74) is 0.413. The molecule has 0 aromatic heterocycles. The summed E-state index contributed by atoms with van der Waals surface area (Å²) in [6, 6.07) is 7.75. The van der Waals surface area contributed by atoms with E-state index in [4.69, 9.17) is 4.74 Å². The second kappa shape index (κ2) is 6.16. The van der Waals surface area contributed by atoms with Gasteiger partial charge in [-0.05, 0) is 30.5 Å². The van der Waals surface area contributed by atoms with Gasteiger partial charge in [0, 0.05) is 13.0 Å². The number of carbonyl (C=O) groups is 1. The molecule has 0 radical (unpaired) electrons. The molecule has 1 atom stereocenters. The smallest absolute Gasteiger partial charge is 0.252 e. The predicted octanol–water partition coefficient (Wildman–Crippen LogP) is 1.73. The molecule has 5 nitrogen and oxygen atoms in total. The van der Waals surface area contributed by atoms with Crippen LogP contribution in [0.4, 0.5) is 0 Å². The van der Waals surface area contributed by atoms with Gasteiger partial charge in [0.25, 0.3) is 5.91 Å². The maximum atomic E-state index is 12.2. The van der Waals surface area contributed by atoms with Crippen molar-refractivity contribution in [3.05, 3.63) is 29.8 Å². The van der Waals surface area contributed by atoms with Gasteiger partial charge in [0.15, 0.2) is 5.96 Å². The lowest BCUT2D eigenvalue weighted by Crippen LogP contribution is -2.45. The third kappa shape index (κ3) is 3.74. The zero-order chi connectivity index (χ0) is 15.5. The molecule has 1 heterocycles. The van der Waals surface area contributed by atoms with Crippen molar-refractivity contribution < 1.29 is 9.53 Å². The third-order valence-corrected chi connectivity index (χ3v) is 3.46. The Morgan fingerprint density at radius 2 is 1.95 bits per heavy atom. The summed E-state index contributed by atoms with van der Waals surface area (Å²) in [4.78, 5) is 16.6. The van der Waals surface area contributed by atoms with Crippen molar-refractivity contribution in [1.82, 2.24) is 10.6 Å². The van der Waals surface area contributed by atoms with Crippen molar-refractivity contribution in [1.29, 1.82) is 0 Å². The topological polar surface area (TPSA) is 62.7 Å². The molecule has 2 rings (SSSR count). The summed E-state index contributed by atoms with van der Waals surface area (Å²) >= 11 is 0. The SMILES string of the molecule is COc1ccc(CC2(C)NC(=NCC(C)C)NC2=O)cc1. The first-order chi connectivity index (χ1) is 9.93. The van der Waals surface area contributed by atoms with Crippen LogP contribution >= 0.6 is 0 Å². The van der Waals surface area contributed by atoms with Gasteiger partial charge in [0.05, 0.1) is 7.11 Å². The van der Waals surface area contributed by atoms with E-state index in [2.05, 4.69) is 29.5 Å². The second-order valence-corrected chi connectivity index (χ2v) is 6.02. The van der Waals surface area contributed by atoms with E-state index < -0.39 is 5.54 Å². The lowest BCUT2D eigenvalue weighted by atomic mass is 9.93. The number of hydrogen-bond donors (Lipinski definition) is 2. The van der Waals surface area contributed by atoms with Crippen molar-refractivity contribution in [3.8, 4) is 5.75 Å². The number of rotatable bonds is 5. The van der Waals surface area contributed by atoms with Gasteiger partial charge in [-0.25, -0.2) is 0 Å². The lowest BCUT2D eigenvalue weighted by molar-refractivity contribution is -0.123. The number of nitrogens with one attached hydrogen (secondary N) is 2. The Morgan fingerprint density at radius 1 is 1.29 bits per heavy atom. The molecule has 1 amide bonds. The van der Waals surface area contributed by atoms with Crippen molar-refractivity contribution in [2.45, 2.75) is 32.7 Å². The van der Waals surface area contributed by atoms with Crippen molar-refractivity contribution in [2.24, 2.45) is 10.9 Å². The molecule has 1 aromatic carbocycles. The minimum absolute atomic E-state index is 0.0409. The number of carbonyl (C=O) groups excluding carboxylic acids is 1. The molecule has 1 fully saturated rings. The van der Waals surface area contributed by atoms with Gasteiger partial charge in [0.1, 0.15) is 11.3 Å². The van der Waals surface area contributed by atoms with Crippen LogP contribution < -0.4 is 15.4 Å². The maximum Gasteiger partial charge on any atom is 0.252 e. The number of amides is 1. The van der Waals surface area contributed by atoms with Crippen LogP contribution in [0.25, 0.3) is 0 Å². The lowest BCUT2D eigenvalue weighted by Gasteiger charge is -2.21.